The number of para-hydroxylation sites is 1. The molecule has 1 heterocycles. The van der Waals surface area contributed by atoms with Crippen molar-refractivity contribution in [1.29, 1.82) is 0 Å². The second-order valence-corrected chi connectivity index (χ2v) is 7.01. The molecule has 1 unspecified atom stereocenters. The Morgan fingerprint density at radius 2 is 2.04 bits per heavy atom. The average Bonchev–Trinajstić information content (AvgIpc) is 3.01. The van der Waals surface area contributed by atoms with E-state index in [9.17, 15) is 4.79 Å². The molecule has 1 aromatic heterocycles. The number of benzene rings is 1. The van der Waals surface area contributed by atoms with Crippen molar-refractivity contribution >= 4 is 11.7 Å². The minimum atomic E-state index is -0.261. The van der Waals surface area contributed by atoms with E-state index in [1.54, 1.807) is 6.07 Å². The highest BCUT2D eigenvalue weighted by Crippen LogP contribution is 2.28. The lowest BCUT2D eigenvalue weighted by atomic mass is 9.93. The lowest BCUT2D eigenvalue weighted by molar-refractivity contribution is -0.118. The molecule has 24 heavy (non-hydrogen) atoms. The number of nitrogens with zero attached hydrogens (tertiary/aromatic N) is 1. The van der Waals surface area contributed by atoms with Crippen LogP contribution in [0.2, 0.25) is 0 Å². The van der Waals surface area contributed by atoms with Crippen LogP contribution in [0.25, 0.3) is 0 Å². The molecule has 0 aliphatic heterocycles. The van der Waals surface area contributed by atoms with Crippen LogP contribution in [0.1, 0.15) is 58.3 Å². The van der Waals surface area contributed by atoms with Crippen molar-refractivity contribution in [1.82, 2.24) is 5.16 Å². The first-order valence-corrected chi connectivity index (χ1v) is 8.30. The van der Waals surface area contributed by atoms with Gasteiger partial charge in [-0.15, -0.1) is 0 Å². The second kappa shape index (κ2) is 7.51. The van der Waals surface area contributed by atoms with Crippen molar-refractivity contribution in [3.05, 3.63) is 41.7 Å². The summed E-state index contributed by atoms with van der Waals surface area (Å²) in [5.74, 6) is 2.00. The van der Waals surface area contributed by atoms with E-state index < -0.39 is 0 Å². The number of anilines is 1. The largest absolute Gasteiger partial charge is 0.483 e. The Balaban J connectivity index is 1.96. The van der Waals surface area contributed by atoms with Gasteiger partial charge in [-0.1, -0.05) is 58.0 Å². The fourth-order valence-corrected chi connectivity index (χ4v) is 2.25. The van der Waals surface area contributed by atoms with E-state index in [1.807, 2.05) is 45.0 Å². The van der Waals surface area contributed by atoms with Gasteiger partial charge in [0.25, 0.3) is 5.91 Å². The molecule has 0 spiro atoms. The molecule has 1 atom stereocenters. The van der Waals surface area contributed by atoms with Crippen LogP contribution in [0.4, 0.5) is 5.82 Å². The molecule has 0 bridgehead atoms. The Kier molecular flexibility index (Phi) is 5.65. The first-order valence-electron chi connectivity index (χ1n) is 8.30. The van der Waals surface area contributed by atoms with Gasteiger partial charge in [-0.3, -0.25) is 4.79 Å². The first kappa shape index (κ1) is 18.0. The van der Waals surface area contributed by atoms with E-state index in [0.717, 1.165) is 23.5 Å². The molecular weight excluding hydrogens is 304 g/mol. The fourth-order valence-electron chi connectivity index (χ4n) is 2.25. The molecule has 1 amide bonds. The number of ether oxygens (including phenoxy) is 1. The summed E-state index contributed by atoms with van der Waals surface area (Å²) in [6, 6.07) is 9.56. The summed E-state index contributed by atoms with van der Waals surface area (Å²) < 4.78 is 11.0. The molecule has 130 valence electrons. The third-order valence-corrected chi connectivity index (χ3v) is 3.94. The van der Waals surface area contributed by atoms with Gasteiger partial charge in [0.05, 0.1) is 0 Å². The van der Waals surface area contributed by atoms with Crippen LogP contribution >= 0.6 is 0 Å². The summed E-state index contributed by atoms with van der Waals surface area (Å²) in [7, 11) is 0. The quantitative estimate of drug-likeness (QED) is 0.847. The molecule has 5 heteroatoms. The Morgan fingerprint density at radius 1 is 1.33 bits per heavy atom. The maximum Gasteiger partial charge on any atom is 0.263 e. The predicted molar refractivity (Wildman–Crippen MR) is 94.5 cm³/mol. The van der Waals surface area contributed by atoms with Gasteiger partial charge in [0.15, 0.2) is 12.4 Å². The molecule has 2 aromatic rings. The first-order chi connectivity index (χ1) is 11.3. The summed E-state index contributed by atoms with van der Waals surface area (Å²) in [6.45, 7) is 10.3. The molecule has 1 N–H and O–H groups in total. The molecule has 2 rings (SSSR count). The molecule has 0 fully saturated rings. The number of carbonyl (C=O) groups is 1. The SMILES string of the molecule is CCC(C)c1ccccc1OCC(=O)Nc1cc(C(C)(C)C)on1. The van der Waals surface area contributed by atoms with Crippen molar-refractivity contribution in [2.24, 2.45) is 0 Å². The topological polar surface area (TPSA) is 64.4 Å². The number of hydrogen-bond donors (Lipinski definition) is 1. The highest BCUT2D eigenvalue weighted by molar-refractivity contribution is 5.90. The number of rotatable bonds is 6. The van der Waals surface area contributed by atoms with Gasteiger partial charge in [0.1, 0.15) is 11.5 Å². The Hall–Kier alpha value is -2.30. The maximum absolute atomic E-state index is 12.1. The Bertz CT molecular complexity index is 686. The highest BCUT2D eigenvalue weighted by atomic mass is 16.5. The zero-order valence-corrected chi connectivity index (χ0v) is 15.1. The summed E-state index contributed by atoms with van der Waals surface area (Å²) in [6.07, 6.45) is 1.01. The Labute approximate surface area is 143 Å². The molecule has 1 aromatic carbocycles. The van der Waals surface area contributed by atoms with Crippen molar-refractivity contribution in [3.8, 4) is 5.75 Å². The number of amides is 1. The summed E-state index contributed by atoms with van der Waals surface area (Å²) in [4.78, 5) is 12.1. The van der Waals surface area contributed by atoms with E-state index in [2.05, 4.69) is 24.3 Å². The zero-order chi connectivity index (χ0) is 17.7. The van der Waals surface area contributed by atoms with E-state index in [1.165, 1.54) is 0 Å². The summed E-state index contributed by atoms with van der Waals surface area (Å²) in [5.41, 5.74) is 0.964. The van der Waals surface area contributed by atoms with Crippen molar-refractivity contribution in [2.75, 3.05) is 11.9 Å². The average molecular weight is 330 g/mol. The zero-order valence-electron chi connectivity index (χ0n) is 15.1. The summed E-state index contributed by atoms with van der Waals surface area (Å²) >= 11 is 0. The van der Waals surface area contributed by atoms with Crippen LogP contribution < -0.4 is 10.1 Å². The molecule has 0 saturated carbocycles. The van der Waals surface area contributed by atoms with Gasteiger partial charge < -0.3 is 14.6 Å². The van der Waals surface area contributed by atoms with Crippen LogP contribution in [-0.4, -0.2) is 17.7 Å². The number of hydrogen-bond acceptors (Lipinski definition) is 4. The Morgan fingerprint density at radius 3 is 2.67 bits per heavy atom. The van der Waals surface area contributed by atoms with Crippen molar-refractivity contribution in [2.45, 2.75) is 52.4 Å². The molecule has 0 radical (unpaired) electrons. The third-order valence-electron chi connectivity index (χ3n) is 3.94. The molecule has 0 saturated heterocycles. The van der Waals surface area contributed by atoms with Gasteiger partial charge in [0.2, 0.25) is 0 Å². The van der Waals surface area contributed by atoms with Crippen molar-refractivity contribution < 1.29 is 14.1 Å². The van der Waals surface area contributed by atoms with Crippen LogP contribution in [0.15, 0.2) is 34.9 Å². The highest BCUT2D eigenvalue weighted by Gasteiger charge is 2.20. The lowest BCUT2D eigenvalue weighted by Crippen LogP contribution is -2.20. The number of carbonyl (C=O) groups excluding carboxylic acids is 1. The minimum absolute atomic E-state index is 0.0643. The van der Waals surface area contributed by atoms with Crippen molar-refractivity contribution in [3.63, 3.8) is 0 Å². The van der Waals surface area contributed by atoms with E-state index in [-0.39, 0.29) is 17.9 Å². The smallest absolute Gasteiger partial charge is 0.263 e. The van der Waals surface area contributed by atoms with E-state index >= 15 is 0 Å². The monoisotopic (exact) mass is 330 g/mol. The van der Waals surface area contributed by atoms with Crippen LogP contribution in [-0.2, 0) is 10.2 Å². The van der Waals surface area contributed by atoms with Gasteiger partial charge in [-0.25, -0.2) is 0 Å². The predicted octanol–water partition coefficient (Wildman–Crippen LogP) is 4.50. The maximum atomic E-state index is 12.1. The lowest BCUT2D eigenvalue weighted by Gasteiger charge is -2.15. The van der Waals surface area contributed by atoms with Gasteiger partial charge in [-0.05, 0) is 24.0 Å². The fraction of sp³-hybridized carbons (Fsp3) is 0.474. The molecular formula is C19H26N2O3. The summed E-state index contributed by atoms with van der Waals surface area (Å²) in [5, 5.41) is 6.57. The molecule has 0 aliphatic rings. The normalized spacial score (nSPS) is 12.7. The standard InChI is InChI=1S/C19H26N2O3/c1-6-13(2)14-9-7-8-10-15(14)23-12-18(22)20-17-11-16(24-21-17)19(3,4)5/h7-11,13H,6,12H2,1-5H3,(H,20,21,22). The van der Waals surface area contributed by atoms with Gasteiger partial charge >= 0.3 is 0 Å². The minimum Gasteiger partial charge on any atom is -0.483 e. The van der Waals surface area contributed by atoms with E-state index in [0.29, 0.717) is 11.7 Å². The second-order valence-electron chi connectivity index (χ2n) is 7.01. The van der Waals surface area contributed by atoms with Crippen LogP contribution in [0.3, 0.4) is 0 Å². The number of aromatic nitrogens is 1. The van der Waals surface area contributed by atoms with E-state index in [4.69, 9.17) is 9.26 Å². The van der Waals surface area contributed by atoms with Crippen LogP contribution in [0.5, 0.6) is 5.75 Å². The number of nitrogens with one attached hydrogen (secondary N) is 1. The van der Waals surface area contributed by atoms with Gasteiger partial charge in [-0.2, -0.15) is 0 Å². The molecule has 0 aliphatic carbocycles. The third kappa shape index (κ3) is 4.60. The van der Waals surface area contributed by atoms with Gasteiger partial charge in [0, 0.05) is 11.5 Å². The molecule has 5 nitrogen and oxygen atoms in total. The van der Waals surface area contributed by atoms with Crippen LogP contribution in [0, 0.1) is 0 Å².